The van der Waals surface area contributed by atoms with Crippen molar-refractivity contribution in [2.45, 2.75) is 13.3 Å². The zero-order chi connectivity index (χ0) is 21.3. The van der Waals surface area contributed by atoms with Gasteiger partial charge in [-0.05, 0) is 36.8 Å². The number of benzene rings is 2. The molecule has 1 N–H and O–H groups in total. The summed E-state index contributed by atoms with van der Waals surface area (Å²) >= 11 is 0. The molecule has 9 nitrogen and oxygen atoms in total. The Bertz CT molecular complexity index is 1130. The number of rotatable bonds is 5. The van der Waals surface area contributed by atoms with Gasteiger partial charge in [0, 0.05) is 5.69 Å². The van der Waals surface area contributed by atoms with Crippen molar-refractivity contribution in [2.75, 3.05) is 5.32 Å². The number of hydrogen-bond acceptors (Lipinski definition) is 7. The number of anilines is 1. The number of aryl methyl sites for hydroxylation is 1. The molecule has 0 fully saturated rings. The first kappa shape index (κ1) is 19.1. The average Bonchev–Trinajstić information content (AvgIpc) is 3.27. The van der Waals surface area contributed by atoms with Crippen LogP contribution in [-0.4, -0.2) is 33.9 Å². The molecule has 30 heavy (non-hydrogen) atoms. The molecule has 1 aliphatic rings. The van der Waals surface area contributed by atoms with Crippen LogP contribution in [0.15, 0.2) is 59.3 Å². The maximum absolute atomic E-state index is 12.2. The van der Waals surface area contributed by atoms with Crippen LogP contribution in [0.4, 0.5) is 5.69 Å². The molecule has 0 atom stereocenters. The number of hydroxylamine groups is 2. The van der Waals surface area contributed by atoms with E-state index >= 15 is 0 Å². The topological polar surface area (TPSA) is 119 Å². The predicted molar refractivity (Wildman–Crippen MR) is 102 cm³/mol. The molecule has 2 heterocycles. The van der Waals surface area contributed by atoms with Gasteiger partial charge in [-0.2, -0.15) is 0 Å². The van der Waals surface area contributed by atoms with Crippen molar-refractivity contribution in [1.82, 2.24) is 10.2 Å². The van der Waals surface area contributed by atoms with Gasteiger partial charge < -0.3 is 14.7 Å². The Kier molecular flexibility index (Phi) is 4.85. The molecule has 1 aromatic heterocycles. The summed E-state index contributed by atoms with van der Waals surface area (Å²) in [6.07, 6.45) is 1.17. The molecule has 0 bridgehead atoms. The molecule has 3 amide bonds. The van der Waals surface area contributed by atoms with Crippen molar-refractivity contribution in [3.63, 3.8) is 0 Å². The SMILES string of the molecule is Cc1oncc1C(=O)Nc1ccc(CC(=O)ON2C(=O)c3ccccc3C2=O)cc1. The molecule has 0 saturated carbocycles. The first-order valence-electron chi connectivity index (χ1n) is 8.94. The van der Waals surface area contributed by atoms with Crippen molar-refractivity contribution in [1.29, 1.82) is 0 Å². The van der Waals surface area contributed by atoms with Crippen molar-refractivity contribution in [2.24, 2.45) is 0 Å². The minimum atomic E-state index is -0.763. The fourth-order valence-electron chi connectivity index (χ4n) is 2.97. The van der Waals surface area contributed by atoms with Crippen LogP contribution in [0.3, 0.4) is 0 Å². The number of imide groups is 1. The van der Waals surface area contributed by atoms with Gasteiger partial charge in [0.15, 0.2) is 0 Å². The van der Waals surface area contributed by atoms with E-state index in [0.29, 0.717) is 27.6 Å². The van der Waals surface area contributed by atoms with Crippen LogP contribution in [0.1, 0.15) is 42.4 Å². The summed E-state index contributed by atoms with van der Waals surface area (Å²) in [4.78, 5) is 53.8. The lowest BCUT2D eigenvalue weighted by molar-refractivity contribution is -0.167. The Balaban J connectivity index is 1.36. The Hall–Kier alpha value is -4.27. The zero-order valence-corrected chi connectivity index (χ0v) is 15.7. The van der Waals surface area contributed by atoms with Gasteiger partial charge in [-0.1, -0.05) is 34.5 Å². The third-order valence-corrected chi connectivity index (χ3v) is 4.51. The van der Waals surface area contributed by atoms with E-state index in [2.05, 4.69) is 10.5 Å². The predicted octanol–water partition coefficient (Wildman–Crippen LogP) is 2.53. The van der Waals surface area contributed by atoms with Gasteiger partial charge in [0.25, 0.3) is 17.7 Å². The van der Waals surface area contributed by atoms with E-state index in [1.165, 1.54) is 18.3 Å². The van der Waals surface area contributed by atoms with E-state index < -0.39 is 17.8 Å². The highest BCUT2D eigenvalue weighted by atomic mass is 16.7. The van der Waals surface area contributed by atoms with Crippen LogP contribution < -0.4 is 5.32 Å². The quantitative estimate of drug-likeness (QED) is 0.648. The third kappa shape index (κ3) is 3.55. The second-order valence-corrected chi connectivity index (χ2v) is 6.54. The number of amides is 3. The summed E-state index contributed by atoms with van der Waals surface area (Å²) in [6.45, 7) is 1.63. The number of carbonyl (C=O) groups excluding carboxylic acids is 4. The largest absolute Gasteiger partial charge is 0.361 e. The molecular formula is C21H15N3O6. The van der Waals surface area contributed by atoms with E-state index in [1.807, 2.05) is 0 Å². The molecule has 0 radical (unpaired) electrons. The third-order valence-electron chi connectivity index (χ3n) is 4.51. The van der Waals surface area contributed by atoms with Crippen molar-refractivity contribution in [3.05, 3.63) is 82.7 Å². The van der Waals surface area contributed by atoms with Crippen molar-refractivity contribution < 1.29 is 28.5 Å². The minimum Gasteiger partial charge on any atom is -0.361 e. The summed E-state index contributed by atoms with van der Waals surface area (Å²) in [5.74, 6) is -2.08. The summed E-state index contributed by atoms with van der Waals surface area (Å²) < 4.78 is 4.86. The number of aromatic nitrogens is 1. The lowest BCUT2D eigenvalue weighted by Gasteiger charge is -2.12. The van der Waals surface area contributed by atoms with Gasteiger partial charge in [0.2, 0.25) is 0 Å². The van der Waals surface area contributed by atoms with Crippen molar-refractivity contribution in [3.8, 4) is 0 Å². The highest BCUT2D eigenvalue weighted by Gasteiger charge is 2.38. The smallest absolute Gasteiger partial charge is 0.337 e. The first-order valence-corrected chi connectivity index (χ1v) is 8.94. The summed E-state index contributed by atoms with van der Waals surface area (Å²) in [5, 5.41) is 6.73. The summed E-state index contributed by atoms with van der Waals surface area (Å²) in [7, 11) is 0. The Morgan fingerprint density at radius 3 is 2.23 bits per heavy atom. The van der Waals surface area contributed by atoms with E-state index in [9.17, 15) is 19.2 Å². The molecule has 9 heteroatoms. The zero-order valence-electron chi connectivity index (χ0n) is 15.7. The normalized spacial score (nSPS) is 12.6. The van der Waals surface area contributed by atoms with Crippen LogP contribution in [0.5, 0.6) is 0 Å². The molecule has 3 aromatic rings. The van der Waals surface area contributed by atoms with Gasteiger partial charge >= 0.3 is 5.97 Å². The summed E-state index contributed by atoms with van der Waals surface area (Å²) in [5.41, 5.74) is 1.80. The van der Waals surface area contributed by atoms with Crippen LogP contribution in [-0.2, 0) is 16.1 Å². The maximum atomic E-state index is 12.2. The van der Waals surface area contributed by atoms with Crippen LogP contribution in [0.25, 0.3) is 0 Å². The number of hydrogen-bond donors (Lipinski definition) is 1. The number of carbonyl (C=O) groups is 4. The second-order valence-electron chi connectivity index (χ2n) is 6.54. The lowest BCUT2D eigenvalue weighted by atomic mass is 10.1. The Morgan fingerprint density at radius 1 is 1.03 bits per heavy atom. The highest BCUT2D eigenvalue weighted by molar-refractivity contribution is 6.20. The number of nitrogens with one attached hydrogen (secondary N) is 1. The van der Waals surface area contributed by atoms with Crippen LogP contribution in [0.2, 0.25) is 0 Å². The van der Waals surface area contributed by atoms with Crippen LogP contribution >= 0.6 is 0 Å². The van der Waals surface area contributed by atoms with Gasteiger partial charge in [-0.15, -0.1) is 0 Å². The number of fused-ring (bicyclic) bond motifs is 1. The first-order chi connectivity index (χ1) is 14.4. The Morgan fingerprint density at radius 2 is 1.67 bits per heavy atom. The molecular weight excluding hydrogens is 390 g/mol. The molecule has 0 unspecified atom stereocenters. The monoisotopic (exact) mass is 405 g/mol. The fraction of sp³-hybridized carbons (Fsp3) is 0.0952. The molecule has 0 spiro atoms. The molecule has 0 aliphatic carbocycles. The van der Waals surface area contributed by atoms with Gasteiger partial charge in [-0.3, -0.25) is 14.4 Å². The van der Waals surface area contributed by atoms with E-state index in [4.69, 9.17) is 9.36 Å². The maximum Gasteiger partial charge on any atom is 0.337 e. The average molecular weight is 405 g/mol. The van der Waals surface area contributed by atoms with E-state index in [0.717, 1.165) is 0 Å². The Labute approximate surface area is 170 Å². The van der Waals surface area contributed by atoms with Gasteiger partial charge in [0.1, 0.15) is 11.3 Å². The molecule has 0 saturated heterocycles. The van der Waals surface area contributed by atoms with E-state index in [-0.39, 0.29) is 23.5 Å². The van der Waals surface area contributed by atoms with Crippen molar-refractivity contribution >= 4 is 29.4 Å². The minimum absolute atomic E-state index is 0.160. The molecule has 1 aliphatic heterocycles. The molecule has 150 valence electrons. The standard InChI is InChI=1S/C21H15N3O6/c1-12-17(11-22-29-12)19(26)23-14-8-6-13(7-9-14)10-18(25)30-24-20(27)15-4-2-3-5-16(15)21(24)28/h2-9,11H,10H2,1H3,(H,23,26). The molecule has 4 rings (SSSR count). The van der Waals surface area contributed by atoms with Gasteiger partial charge in [-0.25, -0.2) is 4.79 Å². The highest BCUT2D eigenvalue weighted by Crippen LogP contribution is 2.23. The lowest BCUT2D eigenvalue weighted by Crippen LogP contribution is -2.33. The van der Waals surface area contributed by atoms with E-state index in [1.54, 1.807) is 43.3 Å². The second kappa shape index (κ2) is 7.63. The van der Waals surface area contributed by atoms with Crippen LogP contribution in [0, 0.1) is 6.92 Å². The summed E-state index contributed by atoms with van der Waals surface area (Å²) in [6, 6.07) is 12.7. The fourth-order valence-corrected chi connectivity index (χ4v) is 2.97. The molecule has 2 aromatic carbocycles. The van der Waals surface area contributed by atoms with Gasteiger partial charge in [0.05, 0.1) is 23.7 Å². The number of nitrogens with zero attached hydrogens (tertiary/aromatic N) is 2.